The summed E-state index contributed by atoms with van der Waals surface area (Å²) in [6.07, 6.45) is 36.7. The summed E-state index contributed by atoms with van der Waals surface area (Å²) in [6, 6.07) is 0. The van der Waals surface area contributed by atoms with E-state index in [-0.39, 0.29) is 25.6 Å². The summed E-state index contributed by atoms with van der Waals surface area (Å²) in [5, 5.41) is 40.0. The van der Waals surface area contributed by atoms with Crippen molar-refractivity contribution >= 4 is 5.97 Å². The molecule has 4 N–H and O–H groups in total. The lowest BCUT2D eigenvalue weighted by Gasteiger charge is -2.39. The van der Waals surface area contributed by atoms with Gasteiger partial charge in [-0.3, -0.25) is 4.79 Å². The molecule has 6 atom stereocenters. The molecule has 0 aromatic rings. The Morgan fingerprint density at radius 3 is 1.75 bits per heavy atom. The molecular weight excluding hydrogens is 672 g/mol. The molecule has 1 heterocycles. The molecule has 0 aromatic carbocycles. The van der Waals surface area contributed by atoms with Crippen molar-refractivity contribution in [3.8, 4) is 0 Å². The molecule has 0 amide bonds. The summed E-state index contributed by atoms with van der Waals surface area (Å²) in [5.74, 6) is -0.358. The molecule has 0 aromatic heterocycles. The summed E-state index contributed by atoms with van der Waals surface area (Å²) in [6.45, 7) is 4.35. The average molecular weight is 749 g/mol. The van der Waals surface area contributed by atoms with E-state index in [9.17, 15) is 25.2 Å². The average Bonchev–Trinajstić information content (AvgIpc) is 3.16. The van der Waals surface area contributed by atoms with Crippen molar-refractivity contribution in [1.29, 1.82) is 0 Å². The van der Waals surface area contributed by atoms with E-state index < -0.39 is 43.4 Å². The first-order valence-corrected chi connectivity index (χ1v) is 20.9. The highest BCUT2D eigenvalue weighted by molar-refractivity contribution is 5.69. The lowest BCUT2D eigenvalue weighted by molar-refractivity contribution is -0.305. The fourth-order valence-corrected chi connectivity index (χ4v) is 5.89. The molecule has 0 saturated carbocycles. The van der Waals surface area contributed by atoms with Gasteiger partial charge in [0.05, 0.1) is 19.8 Å². The van der Waals surface area contributed by atoms with E-state index in [0.29, 0.717) is 13.0 Å². The quantitative estimate of drug-likeness (QED) is 0.0290. The predicted octanol–water partition coefficient (Wildman–Crippen LogP) is 8.74. The molecule has 6 unspecified atom stereocenters. The SMILES string of the molecule is CC/C=C\C/C=C\C/C=C\C/C=C\CCCCC(=O)OC(COCCCCCCCC/C=C\CCCCCCC)COC1OC(CO)C(O)C(O)C1O. The zero-order valence-electron chi connectivity index (χ0n) is 33.2. The molecule has 306 valence electrons. The number of allylic oxidation sites excluding steroid dienone is 10. The van der Waals surface area contributed by atoms with E-state index in [1.807, 2.05) is 0 Å². The third-order valence-electron chi connectivity index (χ3n) is 9.17. The highest BCUT2D eigenvalue weighted by Gasteiger charge is 2.44. The number of hydrogen-bond acceptors (Lipinski definition) is 9. The Hall–Kier alpha value is -2.11. The standard InChI is InChI=1S/C44H76O9/c1-3-5-7-9-11-13-15-17-19-21-23-25-27-29-31-33-40(46)52-38(37-51-44-43(49)42(48)41(47)39(35-45)53-44)36-50-34-32-30-28-26-24-22-20-18-16-14-12-10-8-6-4-2/h5,7,11,13,16-19,23,25,38-39,41-45,47-49H,3-4,6,8-10,12,14-15,20-22,24,26-37H2,1-2H3/b7-5-,13-11-,18-16-,19-17-,25-23-. The number of carbonyl (C=O) groups is 1. The van der Waals surface area contributed by atoms with Crippen LogP contribution < -0.4 is 0 Å². The first-order valence-electron chi connectivity index (χ1n) is 20.9. The topological polar surface area (TPSA) is 135 Å². The molecule has 0 bridgehead atoms. The van der Waals surface area contributed by atoms with Gasteiger partial charge in [-0.05, 0) is 77.0 Å². The molecule has 9 nitrogen and oxygen atoms in total. The van der Waals surface area contributed by atoms with E-state index in [1.165, 1.54) is 57.8 Å². The number of aliphatic hydroxyl groups is 4. The second-order valence-corrected chi connectivity index (χ2v) is 14.0. The highest BCUT2D eigenvalue weighted by atomic mass is 16.7. The summed E-state index contributed by atoms with van der Waals surface area (Å²) < 4.78 is 22.7. The van der Waals surface area contributed by atoms with Crippen LogP contribution in [0.2, 0.25) is 0 Å². The number of ether oxygens (including phenoxy) is 4. The van der Waals surface area contributed by atoms with Crippen molar-refractivity contribution in [2.24, 2.45) is 0 Å². The maximum Gasteiger partial charge on any atom is 0.306 e. The first-order chi connectivity index (χ1) is 25.9. The molecule has 53 heavy (non-hydrogen) atoms. The van der Waals surface area contributed by atoms with Gasteiger partial charge in [0.2, 0.25) is 0 Å². The zero-order valence-corrected chi connectivity index (χ0v) is 33.2. The maximum atomic E-state index is 12.7. The van der Waals surface area contributed by atoms with Crippen LogP contribution in [-0.2, 0) is 23.7 Å². The first kappa shape index (κ1) is 48.9. The summed E-state index contributed by atoms with van der Waals surface area (Å²) in [7, 11) is 0. The van der Waals surface area contributed by atoms with E-state index in [1.54, 1.807) is 0 Å². The van der Waals surface area contributed by atoms with Gasteiger partial charge in [-0.25, -0.2) is 0 Å². The van der Waals surface area contributed by atoms with Crippen molar-refractivity contribution in [3.05, 3.63) is 60.8 Å². The molecule has 0 aliphatic carbocycles. The molecular formula is C44H76O9. The van der Waals surface area contributed by atoms with Gasteiger partial charge in [-0.15, -0.1) is 0 Å². The molecule has 1 rings (SSSR count). The van der Waals surface area contributed by atoms with Crippen LogP contribution in [-0.4, -0.2) is 89.6 Å². The number of aliphatic hydroxyl groups excluding tert-OH is 4. The Balaban J connectivity index is 2.34. The predicted molar refractivity (Wildman–Crippen MR) is 214 cm³/mol. The lowest BCUT2D eigenvalue weighted by Crippen LogP contribution is -2.59. The zero-order chi connectivity index (χ0) is 38.6. The maximum absolute atomic E-state index is 12.7. The van der Waals surface area contributed by atoms with Crippen LogP contribution >= 0.6 is 0 Å². The summed E-state index contributed by atoms with van der Waals surface area (Å²) in [4.78, 5) is 12.7. The number of hydrogen-bond donors (Lipinski definition) is 4. The number of esters is 1. The monoisotopic (exact) mass is 749 g/mol. The Kier molecular flexibility index (Phi) is 32.8. The summed E-state index contributed by atoms with van der Waals surface area (Å²) in [5.41, 5.74) is 0. The minimum absolute atomic E-state index is 0.121. The van der Waals surface area contributed by atoms with Crippen LogP contribution in [0.3, 0.4) is 0 Å². The largest absolute Gasteiger partial charge is 0.457 e. The Morgan fingerprint density at radius 1 is 0.623 bits per heavy atom. The van der Waals surface area contributed by atoms with E-state index in [4.69, 9.17) is 18.9 Å². The van der Waals surface area contributed by atoms with Crippen LogP contribution in [0, 0.1) is 0 Å². The normalized spacial score (nSPS) is 21.7. The van der Waals surface area contributed by atoms with Crippen LogP contribution in [0.1, 0.15) is 149 Å². The van der Waals surface area contributed by atoms with Crippen molar-refractivity contribution in [1.82, 2.24) is 0 Å². The molecule has 1 fully saturated rings. The van der Waals surface area contributed by atoms with Crippen molar-refractivity contribution in [3.63, 3.8) is 0 Å². The Bertz CT molecular complexity index is 989. The van der Waals surface area contributed by atoms with Gasteiger partial charge in [0.1, 0.15) is 30.5 Å². The molecule has 0 radical (unpaired) electrons. The van der Waals surface area contributed by atoms with Gasteiger partial charge in [-0.2, -0.15) is 0 Å². The van der Waals surface area contributed by atoms with Gasteiger partial charge < -0.3 is 39.4 Å². The van der Waals surface area contributed by atoms with Crippen molar-refractivity contribution in [2.45, 2.75) is 185 Å². The minimum Gasteiger partial charge on any atom is -0.457 e. The van der Waals surface area contributed by atoms with Gasteiger partial charge in [0.15, 0.2) is 6.29 Å². The Morgan fingerprint density at radius 2 is 1.15 bits per heavy atom. The number of unbranched alkanes of at least 4 members (excludes halogenated alkanes) is 13. The second-order valence-electron chi connectivity index (χ2n) is 14.0. The van der Waals surface area contributed by atoms with Crippen LogP contribution in [0.25, 0.3) is 0 Å². The number of carbonyl (C=O) groups excluding carboxylic acids is 1. The molecule has 1 aliphatic rings. The van der Waals surface area contributed by atoms with E-state index in [0.717, 1.165) is 64.2 Å². The van der Waals surface area contributed by atoms with E-state index >= 15 is 0 Å². The molecule has 9 heteroatoms. The van der Waals surface area contributed by atoms with Gasteiger partial charge in [-0.1, -0.05) is 126 Å². The minimum atomic E-state index is -1.55. The molecule has 1 saturated heterocycles. The fraction of sp³-hybridized carbons (Fsp3) is 0.750. The van der Waals surface area contributed by atoms with Crippen LogP contribution in [0.4, 0.5) is 0 Å². The smallest absolute Gasteiger partial charge is 0.306 e. The van der Waals surface area contributed by atoms with Crippen LogP contribution in [0.5, 0.6) is 0 Å². The number of rotatable bonds is 34. The third-order valence-corrected chi connectivity index (χ3v) is 9.17. The Labute approximate surface area is 322 Å². The van der Waals surface area contributed by atoms with Gasteiger partial charge in [0.25, 0.3) is 0 Å². The fourth-order valence-electron chi connectivity index (χ4n) is 5.89. The van der Waals surface area contributed by atoms with Crippen molar-refractivity contribution in [2.75, 3.05) is 26.4 Å². The van der Waals surface area contributed by atoms with E-state index in [2.05, 4.69) is 74.6 Å². The highest BCUT2D eigenvalue weighted by Crippen LogP contribution is 2.22. The van der Waals surface area contributed by atoms with Crippen LogP contribution in [0.15, 0.2) is 60.8 Å². The third kappa shape index (κ3) is 27.2. The van der Waals surface area contributed by atoms with Crippen molar-refractivity contribution < 1.29 is 44.2 Å². The molecule has 1 aliphatic heterocycles. The summed E-state index contributed by atoms with van der Waals surface area (Å²) >= 11 is 0. The van der Waals surface area contributed by atoms with Gasteiger partial charge >= 0.3 is 5.97 Å². The second kappa shape index (κ2) is 35.6. The lowest BCUT2D eigenvalue weighted by atomic mass is 9.99. The molecule has 0 spiro atoms. The van der Waals surface area contributed by atoms with Gasteiger partial charge in [0, 0.05) is 13.0 Å².